The number of hydrogen-bond donors (Lipinski definition) is 1. The van der Waals surface area contributed by atoms with Gasteiger partial charge in [0, 0.05) is 5.92 Å². The maximum absolute atomic E-state index is 12.1. The van der Waals surface area contributed by atoms with E-state index in [2.05, 4.69) is 12.2 Å². The third-order valence-corrected chi connectivity index (χ3v) is 4.19. The number of phenolic OH excluding ortho intramolecular Hbond substituents is 1. The molecule has 1 atom stereocenters. The summed E-state index contributed by atoms with van der Waals surface area (Å²) in [6.07, 6.45) is 7.48. The van der Waals surface area contributed by atoms with Gasteiger partial charge in [-0.15, -0.1) is 0 Å². The van der Waals surface area contributed by atoms with Crippen molar-refractivity contribution >= 4 is 11.9 Å². The molecule has 5 heteroatoms. The summed E-state index contributed by atoms with van der Waals surface area (Å²) in [7, 11) is 0. The molecule has 0 fully saturated rings. The van der Waals surface area contributed by atoms with Crippen LogP contribution in [0.3, 0.4) is 0 Å². The summed E-state index contributed by atoms with van der Waals surface area (Å²) in [4.78, 5) is 24.1. The molecule has 2 aromatic carbocycles. The van der Waals surface area contributed by atoms with Crippen molar-refractivity contribution in [1.82, 2.24) is 0 Å². The van der Waals surface area contributed by atoms with Crippen LogP contribution in [0, 0.1) is 5.92 Å². The number of rotatable bonds is 5. The van der Waals surface area contributed by atoms with E-state index in [0.29, 0.717) is 29.4 Å². The maximum Gasteiger partial charge on any atom is 0.343 e. The minimum absolute atomic E-state index is 0.0770. The van der Waals surface area contributed by atoms with Crippen LogP contribution >= 0.6 is 0 Å². The van der Waals surface area contributed by atoms with Crippen LogP contribution < -0.4 is 4.74 Å². The first-order valence-electron chi connectivity index (χ1n) is 8.57. The molecule has 1 unspecified atom stereocenters. The van der Waals surface area contributed by atoms with Gasteiger partial charge in [-0.2, -0.15) is 0 Å². The zero-order valence-electron chi connectivity index (χ0n) is 14.3. The average Bonchev–Trinajstić information content (AvgIpc) is 2.68. The number of benzene rings is 2. The standard InChI is InChI=1S/C21H20O5/c22-18-10-6-17(7-11-18)21(24)26-19-12-8-16(9-13-19)20(23)25-14-15-4-2-1-3-5-15/h2,4,6-13,15,22H,1,3,5,14H2. The van der Waals surface area contributed by atoms with Crippen molar-refractivity contribution in [2.75, 3.05) is 6.61 Å². The first-order valence-corrected chi connectivity index (χ1v) is 8.57. The molecular formula is C21H20O5. The minimum atomic E-state index is -0.538. The van der Waals surface area contributed by atoms with E-state index in [0.717, 1.165) is 19.3 Å². The molecular weight excluding hydrogens is 332 g/mol. The van der Waals surface area contributed by atoms with E-state index in [1.807, 2.05) is 0 Å². The highest BCUT2D eigenvalue weighted by Crippen LogP contribution is 2.19. The van der Waals surface area contributed by atoms with Gasteiger partial charge in [0.15, 0.2) is 0 Å². The predicted octanol–water partition coefficient (Wildman–Crippen LogP) is 4.12. The molecule has 0 bridgehead atoms. The molecule has 0 radical (unpaired) electrons. The van der Waals surface area contributed by atoms with Crippen molar-refractivity contribution in [2.24, 2.45) is 5.92 Å². The van der Waals surface area contributed by atoms with Crippen LogP contribution in [0.15, 0.2) is 60.7 Å². The Kier molecular flexibility index (Phi) is 5.69. The molecule has 5 nitrogen and oxygen atoms in total. The molecule has 0 aliphatic heterocycles. The molecule has 0 saturated heterocycles. The number of hydrogen-bond acceptors (Lipinski definition) is 5. The summed E-state index contributed by atoms with van der Waals surface area (Å²) in [6, 6.07) is 12.0. The molecule has 2 aromatic rings. The van der Waals surface area contributed by atoms with Gasteiger partial charge in [-0.3, -0.25) is 0 Å². The summed E-state index contributed by atoms with van der Waals surface area (Å²) < 4.78 is 10.6. The number of allylic oxidation sites excluding steroid dienone is 1. The normalized spacial score (nSPS) is 16.1. The van der Waals surface area contributed by atoms with E-state index in [-0.39, 0.29) is 11.7 Å². The van der Waals surface area contributed by atoms with Crippen molar-refractivity contribution in [2.45, 2.75) is 19.3 Å². The van der Waals surface area contributed by atoms with E-state index in [9.17, 15) is 14.7 Å². The number of esters is 2. The van der Waals surface area contributed by atoms with Crippen molar-refractivity contribution < 1.29 is 24.2 Å². The molecule has 1 N–H and O–H groups in total. The van der Waals surface area contributed by atoms with Crippen LogP contribution in [0.1, 0.15) is 40.0 Å². The third kappa shape index (κ3) is 4.72. The highest BCUT2D eigenvalue weighted by Gasteiger charge is 2.14. The number of ether oxygens (including phenoxy) is 2. The summed E-state index contributed by atoms with van der Waals surface area (Å²) in [5.41, 5.74) is 0.737. The van der Waals surface area contributed by atoms with Crippen LogP contribution in [0.5, 0.6) is 11.5 Å². The van der Waals surface area contributed by atoms with Gasteiger partial charge < -0.3 is 14.6 Å². The molecule has 3 rings (SSSR count). The van der Waals surface area contributed by atoms with Gasteiger partial charge in [-0.1, -0.05) is 12.2 Å². The van der Waals surface area contributed by atoms with Gasteiger partial charge in [0.25, 0.3) is 0 Å². The summed E-state index contributed by atoms with van der Waals surface area (Å²) in [5.74, 6) is -0.231. The summed E-state index contributed by atoms with van der Waals surface area (Å²) in [5, 5.41) is 9.24. The fraction of sp³-hybridized carbons (Fsp3) is 0.238. The molecule has 0 heterocycles. The Balaban J connectivity index is 1.54. The van der Waals surface area contributed by atoms with E-state index in [1.165, 1.54) is 24.3 Å². The van der Waals surface area contributed by atoms with Crippen LogP contribution in [0.25, 0.3) is 0 Å². The second-order valence-electron chi connectivity index (χ2n) is 6.18. The Labute approximate surface area is 151 Å². The Morgan fingerprint density at radius 3 is 2.27 bits per heavy atom. The predicted molar refractivity (Wildman–Crippen MR) is 96.3 cm³/mol. The maximum atomic E-state index is 12.1. The zero-order valence-corrected chi connectivity index (χ0v) is 14.3. The van der Waals surface area contributed by atoms with Crippen molar-refractivity contribution in [3.63, 3.8) is 0 Å². The summed E-state index contributed by atoms with van der Waals surface area (Å²) in [6.45, 7) is 0.382. The Morgan fingerprint density at radius 2 is 1.62 bits per heavy atom. The molecule has 134 valence electrons. The number of carbonyl (C=O) groups excluding carboxylic acids is 2. The molecule has 1 aliphatic carbocycles. The quantitative estimate of drug-likeness (QED) is 0.498. The van der Waals surface area contributed by atoms with Gasteiger partial charge in [0.05, 0.1) is 17.7 Å². The lowest BCUT2D eigenvalue weighted by atomic mass is 9.97. The average molecular weight is 352 g/mol. The third-order valence-electron chi connectivity index (χ3n) is 4.19. The van der Waals surface area contributed by atoms with E-state index < -0.39 is 5.97 Å². The van der Waals surface area contributed by atoms with Gasteiger partial charge in [0.2, 0.25) is 0 Å². The Bertz CT molecular complexity index is 790. The van der Waals surface area contributed by atoms with Crippen LogP contribution in [-0.4, -0.2) is 23.7 Å². The fourth-order valence-electron chi connectivity index (χ4n) is 2.71. The van der Waals surface area contributed by atoms with Crippen molar-refractivity contribution in [1.29, 1.82) is 0 Å². The molecule has 0 spiro atoms. The van der Waals surface area contributed by atoms with Crippen molar-refractivity contribution in [3.8, 4) is 11.5 Å². The fourth-order valence-corrected chi connectivity index (χ4v) is 2.71. The molecule has 0 aromatic heterocycles. The second-order valence-corrected chi connectivity index (χ2v) is 6.18. The lowest BCUT2D eigenvalue weighted by Gasteiger charge is -2.16. The van der Waals surface area contributed by atoms with E-state index in [1.54, 1.807) is 24.3 Å². The smallest absolute Gasteiger partial charge is 0.343 e. The lowest BCUT2D eigenvalue weighted by Crippen LogP contribution is -2.14. The largest absolute Gasteiger partial charge is 0.508 e. The molecule has 26 heavy (non-hydrogen) atoms. The van der Waals surface area contributed by atoms with Crippen LogP contribution in [0.4, 0.5) is 0 Å². The van der Waals surface area contributed by atoms with Gasteiger partial charge >= 0.3 is 11.9 Å². The second kappa shape index (κ2) is 8.34. The zero-order chi connectivity index (χ0) is 18.4. The first kappa shape index (κ1) is 17.7. The lowest BCUT2D eigenvalue weighted by molar-refractivity contribution is 0.0457. The van der Waals surface area contributed by atoms with Crippen LogP contribution in [0.2, 0.25) is 0 Å². The first-order chi connectivity index (χ1) is 12.6. The molecule has 1 aliphatic rings. The van der Waals surface area contributed by atoms with Crippen LogP contribution in [-0.2, 0) is 4.74 Å². The van der Waals surface area contributed by atoms with E-state index in [4.69, 9.17) is 9.47 Å². The van der Waals surface area contributed by atoms with Gasteiger partial charge in [-0.05, 0) is 67.8 Å². The Morgan fingerprint density at radius 1 is 0.962 bits per heavy atom. The van der Waals surface area contributed by atoms with Crippen molar-refractivity contribution in [3.05, 3.63) is 71.8 Å². The highest BCUT2D eigenvalue weighted by atomic mass is 16.5. The minimum Gasteiger partial charge on any atom is -0.508 e. The monoisotopic (exact) mass is 352 g/mol. The molecule has 0 saturated carbocycles. The highest BCUT2D eigenvalue weighted by molar-refractivity contribution is 5.92. The van der Waals surface area contributed by atoms with Gasteiger partial charge in [0.1, 0.15) is 11.5 Å². The number of aromatic hydroxyl groups is 1. The number of phenols is 1. The van der Waals surface area contributed by atoms with Gasteiger partial charge in [-0.25, -0.2) is 9.59 Å². The Hall–Kier alpha value is -3.08. The SMILES string of the molecule is O=C(OCC1C=CCCC1)c1ccc(OC(=O)c2ccc(O)cc2)cc1. The molecule has 0 amide bonds. The topological polar surface area (TPSA) is 72.8 Å². The number of carbonyl (C=O) groups is 2. The summed E-state index contributed by atoms with van der Waals surface area (Å²) >= 11 is 0. The van der Waals surface area contributed by atoms with E-state index >= 15 is 0 Å².